The van der Waals surface area contributed by atoms with Gasteiger partial charge in [-0.05, 0) is 52.1 Å². The lowest BCUT2D eigenvalue weighted by molar-refractivity contribution is 0.0574. The van der Waals surface area contributed by atoms with E-state index in [-0.39, 0.29) is 24.0 Å². The van der Waals surface area contributed by atoms with E-state index < -0.39 is 0 Å². The zero-order valence-corrected chi connectivity index (χ0v) is 17.9. The lowest BCUT2D eigenvalue weighted by Gasteiger charge is -2.21. The maximum Gasteiger partial charge on any atom is 0.191 e. The van der Waals surface area contributed by atoms with E-state index in [2.05, 4.69) is 29.4 Å². The van der Waals surface area contributed by atoms with Crippen molar-refractivity contribution in [3.63, 3.8) is 0 Å². The molecule has 1 saturated carbocycles. The van der Waals surface area contributed by atoms with Gasteiger partial charge in [-0.25, -0.2) is 0 Å². The predicted octanol–water partition coefficient (Wildman–Crippen LogP) is 2.99. The van der Waals surface area contributed by atoms with Gasteiger partial charge >= 0.3 is 0 Å². The number of halogens is 1. The molecule has 1 aliphatic carbocycles. The maximum atomic E-state index is 5.91. The summed E-state index contributed by atoms with van der Waals surface area (Å²) < 4.78 is 5.91. The smallest absolute Gasteiger partial charge is 0.191 e. The van der Waals surface area contributed by atoms with Gasteiger partial charge in [0.1, 0.15) is 0 Å². The summed E-state index contributed by atoms with van der Waals surface area (Å²) in [5, 5.41) is 6.79. The van der Waals surface area contributed by atoms with E-state index in [1.165, 1.54) is 45.1 Å². The molecule has 1 aliphatic heterocycles. The van der Waals surface area contributed by atoms with Crippen molar-refractivity contribution in [3.05, 3.63) is 0 Å². The van der Waals surface area contributed by atoms with Crippen molar-refractivity contribution in [1.82, 2.24) is 15.5 Å². The Morgan fingerprint density at radius 1 is 1.12 bits per heavy atom. The number of rotatable bonds is 9. The highest BCUT2D eigenvalue weighted by Gasteiger charge is 2.22. The van der Waals surface area contributed by atoms with E-state index in [0.717, 1.165) is 45.2 Å². The number of likely N-dealkylation sites (tertiary alicyclic amines) is 1. The molecule has 5 nitrogen and oxygen atoms in total. The van der Waals surface area contributed by atoms with Crippen LogP contribution in [0.15, 0.2) is 4.99 Å². The van der Waals surface area contributed by atoms with Gasteiger partial charge in [-0.3, -0.25) is 9.89 Å². The number of hydrogen-bond donors (Lipinski definition) is 2. The number of hydrogen-bond acceptors (Lipinski definition) is 3. The van der Waals surface area contributed by atoms with Crippen LogP contribution in [0.2, 0.25) is 0 Å². The Bertz CT molecular complexity index is 348. The monoisotopic (exact) mass is 452 g/mol. The van der Waals surface area contributed by atoms with E-state index in [9.17, 15) is 0 Å². The van der Waals surface area contributed by atoms with Gasteiger partial charge in [0.2, 0.25) is 0 Å². The van der Waals surface area contributed by atoms with Crippen molar-refractivity contribution in [2.45, 2.75) is 70.9 Å². The minimum Gasteiger partial charge on any atom is -0.378 e. The van der Waals surface area contributed by atoms with Gasteiger partial charge in [-0.2, -0.15) is 0 Å². The Labute approximate surface area is 165 Å². The predicted molar refractivity (Wildman–Crippen MR) is 112 cm³/mol. The Morgan fingerprint density at radius 3 is 2.62 bits per heavy atom. The molecular formula is C18H37IN4O. The van der Waals surface area contributed by atoms with Crippen LogP contribution >= 0.6 is 24.0 Å². The minimum atomic E-state index is 0. The number of nitrogens with one attached hydrogen (secondary N) is 2. The summed E-state index contributed by atoms with van der Waals surface area (Å²) >= 11 is 0. The van der Waals surface area contributed by atoms with Crippen LogP contribution in [0.25, 0.3) is 0 Å². The molecule has 2 aliphatic rings. The summed E-state index contributed by atoms with van der Waals surface area (Å²) in [5.41, 5.74) is 0. The van der Waals surface area contributed by atoms with Crippen LogP contribution in [0, 0.1) is 0 Å². The molecule has 1 heterocycles. The van der Waals surface area contributed by atoms with E-state index in [0.29, 0.717) is 12.1 Å². The summed E-state index contributed by atoms with van der Waals surface area (Å²) in [7, 11) is 0. The molecule has 2 rings (SSSR count). The van der Waals surface area contributed by atoms with Crippen LogP contribution in [-0.2, 0) is 4.74 Å². The van der Waals surface area contributed by atoms with Gasteiger partial charge in [0, 0.05) is 25.7 Å². The number of guanidine groups is 1. The topological polar surface area (TPSA) is 48.9 Å². The average molecular weight is 452 g/mol. The summed E-state index contributed by atoms with van der Waals surface area (Å²) in [6.45, 7) is 10.4. The highest BCUT2D eigenvalue weighted by atomic mass is 127. The second-order valence-electron chi connectivity index (χ2n) is 6.70. The second kappa shape index (κ2) is 13.2. The van der Waals surface area contributed by atoms with E-state index in [1.807, 2.05) is 0 Å². The SMILES string of the molecule is CCNC(=NCC1CCCN1CC)NCCCOC1CCCC1.I. The summed E-state index contributed by atoms with van der Waals surface area (Å²) in [6.07, 6.45) is 9.37. The third-order valence-corrected chi connectivity index (χ3v) is 4.98. The Balaban J connectivity index is 0.00000288. The first-order chi connectivity index (χ1) is 11.3. The fourth-order valence-electron chi connectivity index (χ4n) is 3.64. The Hall–Kier alpha value is -0.0800. The van der Waals surface area contributed by atoms with Crippen LogP contribution in [0.1, 0.15) is 58.8 Å². The first-order valence-electron chi connectivity index (χ1n) is 9.71. The first-order valence-corrected chi connectivity index (χ1v) is 9.71. The van der Waals surface area contributed by atoms with Crippen LogP contribution in [0.4, 0.5) is 0 Å². The molecule has 0 aromatic rings. The molecular weight excluding hydrogens is 415 g/mol. The van der Waals surface area contributed by atoms with Gasteiger partial charge < -0.3 is 15.4 Å². The summed E-state index contributed by atoms with van der Waals surface area (Å²) in [4.78, 5) is 7.32. The van der Waals surface area contributed by atoms with Crippen molar-refractivity contribution in [2.75, 3.05) is 39.3 Å². The van der Waals surface area contributed by atoms with Crippen molar-refractivity contribution in [3.8, 4) is 0 Å². The maximum absolute atomic E-state index is 5.91. The first kappa shape index (κ1) is 22.0. The molecule has 1 atom stereocenters. The zero-order chi connectivity index (χ0) is 16.3. The zero-order valence-electron chi connectivity index (χ0n) is 15.6. The van der Waals surface area contributed by atoms with Crippen LogP contribution < -0.4 is 10.6 Å². The Kier molecular flexibility index (Phi) is 12.0. The van der Waals surface area contributed by atoms with Crippen molar-refractivity contribution in [1.29, 1.82) is 0 Å². The van der Waals surface area contributed by atoms with E-state index in [4.69, 9.17) is 9.73 Å². The summed E-state index contributed by atoms with van der Waals surface area (Å²) in [5.74, 6) is 0.955. The molecule has 0 aromatic heterocycles. The van der Waals surface area contributed by atoms with Crippen LogP contribution in [0.5, 0.6) is 0 Å². The third-order valence-electron chi connectivity index (χ3n) is 4.98. The quantitative estimate of drug-likeness (QED) is 0.245. The molecule has 0 radical (unpaired) electrons. The molecule has 0 aromatic carbocycles. The molecule has 1 unspecified atom stereocenters. The second-order valence-corrected chi connectivity index (χ2v) is 6.70. The van der Waals surface area contributed by atoms with E-state index in [1.54, 1.807) is 0 Å². The third kappa shape index (κ3) is 7.87. The molecule has 0 bridgehead atoms. The minimum absolute atomic E-state index is 0. The Morgan fingerprint density at radius 2 is 1.92 bits per heavy atom. The fraction of sp³-hybridized carbons (Fsp3) is 0.944. The van der Waals surface area contributed by atoms with Gasteiger partial charge in [0.05, 0.1) is 12.6 Å². The molecule has 0 amide bonds. The lowest BCUT2D eigenvalue weighted by Crippen LogP contribution is -2.39. The van der Waals surface area contributed by atoms with Crippen molar-refractivity contribution < 1.29 is 4.74 Å². The van der Waals surface area contributed by atoms with Gasteiger partial charge in [0.25, 0.3) is 0 Å². The number of nitrogens with zero attached hydrogens (tertiary/aromatic N) is 2. The highest BCUT2D eigenvalue weighted by Crippen LogP contribution is 2.20. The van der Waals surface area contributed by atoms with Crippen LogP contribution in [0.3, 0.4) is 0 Å². The molecule has 24 heavy (non-hydrogen) atoms. The molecule has 142 valence electrons. The highest BCUT2D eigenvalue weighted by molar-refractivity contribution is 14.0. The normalized spacial score (nSPS) is 22.6. The van der Waals surface area contributed by atoms with Crippen molar-refractivity contribution >= 4 is 29.9 Å². The number of ether oxygens (including phenoxy) is 1. The van der Waals surface area contributed by atoms with Gasteiger partial charge in [0.15, 0.2) is 5.96 Å². The summed E-state index contributed by atoms with van der Waals surface area (Å²) in [6, 6.07) is 0.626. The number of aliphatic imine (C=N–C) groups is 1. The molecule has 2 fully saturated rings. The lowest BCUT2D eigenvalue weighted by atomic mass is 10.2. The molecule has 0 spiro atoms. The number of likely N-dealkylation sites (N-methyl/N-ethyl adjacent to an activating group) is 1. The molecule has 6 heteroatoms. The van der Waals surface area contributed by atoms with Gasteiger partial charge in [-0.1, -0.05) is 19.8 Å². The fourth-order valence-corrected chi connectivity index (χ4v) is 3.64. The average Bonchev–Trinajstić information content (AvgIpc) is 3.23. The standard InChI is InChI=1S/C18H36N4O.HI/c1-3-19-18(21-15-16-9-7-13-22(16)4-2)20-12-8-14-23-17-10-5-6-11-17;/h16-17H,3-15H2,1-2H3,(H2,19,20,21);1H. The van der Waals surface area contributed by atoms with Crippen LogP contribution in [-0.4, -0.2) is 62.3 Å². The van der Waals surface area contributed by atoms with Gasteiger partial charge in [-0.15, -0.1) is 24.0 Å². The van der Waals surface area contributed by atoms with E-state index >= 15 is 0 Å². The van der Waals surface area contributed by atoms with Crippen molar-refractivity contribution in [2.24, 2.45) is 4.99 Å². The molecule has 2 N–H and O–H groups in total. The largest absolute Gasteiger partial charge is 0.378 e. The molecule has 1 saturated heterocycles.